The Balaban J connectivity index is 1.45. The predicted molar refractivity (Wildman–Crippen MR) is 144 cm³/mol. The largest absolute Gasteiger partial charge is 0.481 e. The number of unbranched alkanes of at least 4 members (excludes halogenated alkanes) is 6. The van der Waals surface area contributed by atoms with Crippen LogP contribution in [0.25, 0.3) is 0 Å². The first kappa shape index (κ1) is 27.2. The second-order valence-electron chi connectivity index (χ2n) is 13.4. The molecule has 4 rings (SSSR count). The van der Waals surface area contributed by atoms with E-state index in [9.17, 15) is 14.7 Å². The molecule has 3 fully saturated rings. The molecule has 3 nitrogen and oxygen atoms in total. The van der Waals surface area contributed by atoms with Gasteiger partial charge in [0, 0.05) is 11.8 Å². The summed E-state index contributed by atoms with van der Waals surface area (Å²) in [6, 6.07) is 0. The number of carbonyl (C=O) groups excluding carboxylic acids is 1. The molecule has 35 heavy (non-hydrogen) atoms. The molecule has 1 N–H and O–H groups in total. The van der Waals surface area contributed by atoms with Crippen molar-refractivity contribution in [3.05, 3.63) is 11.6 Å². The van der Waals surface area contributed by atoms with Gasteiger partial charge < -0.3 is 5.11 Å². The Kier molecular flexibility index (Phi) is 8.46. The summed E-state index contributed by atoms with van der Waals surface area (Å²) < 4.78 is 0. The van der Waals surface area contributed by atoms with Crippen molar-refractivity contribution in [3.8, 4) is 0 Å². The fourth-order valence-corrected chi connectivity index (χ4v) is 9.27. The van der Waals surface area contributed by atoms with E-state index in [4.69, 9.17) is 11.6 Å². The predicted octanol–water partition coefficient (Wildman–Crippen LogP) is 8.59. The maximum Gasteiger partial charge on any atom is 0.310 e. The van der Waals surface area contributed by atoms with E-state index in [0.717, 1.165) is 56.2 Å². The van der Waals surface area contributed by atoms with E-state index in [-0.39, 0.29) is 11.2 Å². The summed E-state index contributed by atoms with van der Waals surface area (Å²) in [7, 11) is 0. The molecule has 4 heteroatoms. The molecule has 0 aromatic carbocycles. The fourth-order valence-electron chi connectivity index (χ4n) is 9.08. The highest BCUT2D eigenvalue weighted by Crippen LogP contribution is 2.66. The van der Waals surface area contributed by atoms with Crippen molar-refractivity contribution in [1.82, 2.24) is 0 Å². The summed E-state index contributed by atoms with van der Waals surface area (Å²) in [4.78, 5) is 26.1. The van der Waals surface area contributed by atoms with Crippen molar-refractivity contribution in [1.29, 1.82) is 0 Å². The van der Waals surface area contributed by atoms with Crippen molar-refractivity contribution in [3.63, 3.8) is 0 Å². The summed E-state index contributed by atoms with van der Waals surface area (Å²) in [6.07, 6.45) is 20.0. The number of allylic oxidation sites excluding steroid dienone is 1. The SMILES string of the molecule is CC(CCCCCCCCCCl)(C(=O)O)C1C[C@@]2(C)C(=CC1=O)CC[C@@H]1[C@H]2CC[C@]2(C)CCC[C@@H]12. The van der Waals surface area contributed by atoms with Gasteiger partial charge in [-0.05, 0) is 99.4 Å². The number of ketones is 1. The standard InChI is InChI=1S/C31H49ClO3/c1-29-16-11-12-24(29)23-14-13-22-20-27(33)26(21-31(22,3)25(23)15-18-29)30(2,28(34)35)17-9-7-5-4-6-8-10-19-32/h20,23-26H,4-19,21H2,1-3H3,(H,34,35)/t23-,24-,25+,26?,29-,30?,31-/m0/s1. The van der Waals surface area contributed by atoms with Gasteiger partial charge in [0.05, 0.1) is 5.41 Å². The number of carboxylic acid groups (broad SMARTS) is 1. The quantitative estimate of drug-likeness (QED) is 0.226. The molecule has 2 unspecified atom stereocenters. The summed E-state index contributed by atoms with van der Waals surface area (Å²) >= 11 is 5.76. The summed E-state index contributed by atoms with van der Waals surface area (Å²) in [5.41, 5.74) is 0.878. The number of carboxylic acids is 1. The molecule has 3 saturated carbocycles. The lowest BCUT2D eigenvalue weighted by Gasteiger charge is -2.58. The van der Waals surface area contributed by atoms with Crippen LogP contribution in [0.2, 0.25) is 0 Å². The smallest absolute Gasteiger partial charge is 0.310 e. The number of fused-ring (bicyclic) bond motifs is 5. The van der Waals surface area contributed by atoms with Crippen molar-refractivity contribution in [2.24, 2.45) is 39.9 Å². The Bertz CT molecular complexity index is 820. The van der Waals surface area contributed by atoms with Crippen LogP contribution in [0.5, 0.6) is 0 Å². The number of carbonyl (C=O) groups is 2. The Morgan fingerprint density at radius 2 is 1.71 bits per heavy atom. The number of aliphatic carboxylic acids is 1. The van der Waals surface area contributed by atoms with Crippen molar-refractivity contribution < 1.29 is 14.7 Å². The molecule has 0 aromatic heterocycles. The Morgan fingerprint density at radius 3 is 2.40 bits per heavy atom. The third kappa shape index (κ3) is 5.14. The first-order valence-corrected chi connectivity index (χ1v) is 15.2. The molecule has 0 aromatic rings. The molecule has 7 atom stereocenters. The van der Waals surface area contributed by atoms with Gasteiger partial charge in [0.2, 0.25) is 0 Å². The van der Waals surface area contributed by atoms with E-state index in [0.29, 0.717) is 17.8 Å². The van der Waals surface area contributed by atoms with Crippen LogP contribution in [0.15, 0.2) is 11.6 Å². The number of alkyl halides is 1. The van der Waals surface area contributed by atoms with Gasteiger partial charge >= 0.3 is 5.97 Å². The highest BCUT2D eigenvalue weighted by Gasteiger charge is 2.59. The van der Waals surface area contributed by atoms with Crippen LogP contribution in [0.4, 0.5) is 0 Å². The van der Waals surface area contributed by atoms with E-state index in [1.54, 1.807) is 0 Å². The molecule has 0 saturated heterocycles. The lowest BCUT2D eigenvalue weighted by atomic mass is 9.45. The van der Waals surface area contributed by atoms with Crippen LogP contribution < -0.4 is 0 Å². The Labute approximate surface area is 218 Å². The van der Waals surface area contributed by atoms with E-state index < -0.39 is 17.3 Å². The lowest BCUT2D eigenvalue weighted by molar-refractivity contribution is -0.157. The zero-order chi connectivity index (χ0) is 25.3. The molecule has 4 aliphatic rings. The van der Waals surface area contributed by atoms with Crippen molar-refractivity contribution in [2.45, 2.75) is 124 Å². The topological polar surface area (TPSA) is 54.4 Å². The van der Waals surface area contributed by atoms with E-state index >= 15 is 0 Å². The molecular weight excluding hydrogens is 456 g/mol. The van der Waals surface area contributed by atoms with E-state index in [1.807, 2.05) is 13.0 Å². The zero-order valence-corrected chi connectivity index (χ0v) is 23.3. The first-order valence-electron chi connectivity index (χ1n) is 14.7. The van der Waals surface area contributed by atoms with Gasteiger partial charge in [0.1, 0.15) is 0 Å². The van der Waals surface area contributed by atoms with Gasteiger partial charge in [-0.3, -0.25) is 9.59 Å². The summed E-state index contributed by atoms with van der Waals surface area (Å²) in [5, 5.41) is 10.4. The molecule has 0 spiro atoms. The minimum absolute atomic E-state index is 0.00938. The number of hydrogen-bond acceptors (Lipinski definition) is 2. The second-order valence-corrected chi connectivity index (χ2v) is 13.8. The zero-order valence-electron chi connectivity index (χ0n) is 22.5. The molecule has 0 aliphatic heterocycles. The minimum atomic E-state index is -0.968. The normalized spacial score (nSPS) is 38.2. The highest BCUT2D eigenvalue weighted by atomic mass is 35.5. The molecule has 4 aliphatic carbocycles. The van der Waals surface area contributed by atoms with Crippen LogP contribution in [0.3, 0.4) is 0 Å². The first-order chi connectivity index (χ1) is 16.7. The van der Waals surface area contributed by atoms with Gasteiger partial charge in [0.25, 0.3) is 0 Å². The number of halogens is 1. The second kappa shape index (κ2) is 10.9. The Morgan fingerprint density at radius 1 is 1.03 bits per heavy atom. The fraction of sp³-hybridized carbons (Fsp3) is 0.871. The minimum Gasteiger partial charge on any atom is -0.481 e. The van der Waals surface area contributed by atoms with Crippen LogP contribution in [0, 0.1) is 39.9 Å². The maximum absolute atomic E-state index is 13.4. The van der Waals surface area contributed by atoms with Crippen LogP contribution >= 0.6 is 11.6 Å². The molecule has 0 amide bonds. The third-order valence-corrected chi connectivity index (χ3v) is 11.7. The average Bonchev–Trinajstić information content (AvgIpc) is 3.22. The number of rotatable bonds is 11. The average molecular weight is 505 g/mol. The van der Waals surface area contributed by atoms with Crippen molar-refractivity contribution in [2.75, 3.05) is 5.88 Å². The van der Waals surface area contributed by atoms with Crippen LogP contribution in [-0.4, -0.2) is 22.7 Å². The van der Waals surface area contributed by atoms with E-state index in [2.05, 4.69) is 13.8 Å². The van der Waals surface area contributed by atoms with Crippen LogP contribution in [0.1, 0.15) is 124 Å². The third-order valence-electron chi connectivity index (χ3n) is 11.4. The maximum atomic E-state index is 13.4. The monoisotopic (exact) mass is 504 g/mol. The molecule has 198 valence electrons. The van der Waals surface area contributed by atoms with Crippen LogP contribution in [-0.2, 0) is 9.59 Å². The van der Waals surface area contributed by atoms with Gasteiger partial charge in [0.15, 0.2) is 5.78 Å². The van der Waals surface area contributed by atoms with Gasteiger partial charge in [-0.15, -0.1) is 11.6 Å². The molecule has 0 radical (unpaired) electrons. The highest BCUT2D eigenvalue weighted by molar-refractivity contribution is 6.17. The molecular formula is C31H49ClO3. The lowest BCUT2D eigenvalue weighted by Crippen LogP contribution is -2.53. The van der Waals surface area contributed by atoms with E-state index in [1.165, 1.54) is 63.4 Å². The number of hydrogen-bond donors (Lipinski definition) is 1. The Hall–Kier alpha value is -0.830. The molecule has 0 bridgehead atoms. The molecule has 0 heterocycles. The van der Waals surface area contributed by atoms with Gasteiger partial charge in [-0.1, -0.05) is 64.4 Å². The van der Waals surface area contributed by atoms with Gasteiger partial charge in [-0.25, -0.2) is 0 Å². The van der Waals surface area contributed by atoms with Gasteiger partial charge in [-0.2, -0.15) is 0 Å². The summed E-state index contributed by atoms with van der Waals surface area (Å²) in [6.45, 7) is 6.80. The van der Waals surface area contributed by atoms with Crippen molar-refractivity contribution >= 4 is 23.4 Å². The summed E-state index contributed by atoms with van der Waals surface area (Å²) in [5.74, 6) is 1.84.